The van der Waals surface area contributed by atoms with Gasteiger partial charge >= 0.3 is 0 Å². The Bertz CT molecular complexity index is 87.8. The predicted molar refractivity (Wildman–Crippen MR) is 40.7 cm³/mol. The highest BCUT2D eigenvalue weighted by molar-refractivity contribution is 4.82. The first-order valence-corrected chi connectivity index (χ1v) is 4.37. The summed E-state index contributed by atoms with van der Waals surface area (Å²) in [6.45, 7) is 2.16. The third-order valence-corrected chi connectivity index (χ3v) is 2.64. The molecule has 2 rings (SSSR count). The predicted octanol–water partition coefficient (Wildman–Crippen LogP) is 0.710. The standard InChI is InChI=1S/C8H15N2/c1-2-4-7(3-1)8-9-5-6-10-8/h7-9H,1-6H2. The van der Waals surface area contributed by atoms with E-state index in [1.807, 2.05) is 0 Å². The maximum Gasteiger partial charge on any atom is 0.0765 e. The second kappa shape index (κ2) is 2.89. The molecule has 0 aromatic carbocycles. The second-order valence-corrected chi connectivity index (χ2v) is 3.35. The molecule has 0 spiro atoms. The van der Waals surface area contributed by atoms with Crippen LogP contribution < -0.4 is 10.6 Å². The van der Waals surface area contributed by atoms with Gasteiger partial charge in [-0.25, -0.2) is 5.32 Å². The Morgan fingerprint density at radius 1 is 1.20 bits per heavy atom. The molecule has 57 valence electrons. The number of hydrogen-bond acceptors (Lipinski definition) is 1. The quantitative estimate of drug-likeness (QED) is 0.569. The van der Waals surface area contributed by atoms with Gasteiger partial charge in [-0.05, 0) is 18.8 Å². The van der Waals surface area contributed by atoms with Crippen molar-refractivity contribution in [1.82, 2.24) is 10.6 Å². The summed E-state index contributed by atoms with van der Waals surface area (Å²) in [6.07, 6.45) is 6.20. The first-order chi connectivity index (χ1) is 4.97. The average Bonchev–Trinajstić information content (AvgIpc) is 2.59. The first-order valence-electron chi connectivity index (χ1n) is 4.37. The van der Waals surface area contributed by atoms with Crippen LogP contribution in [0.5, 0.6) is 0 Å². The van der Waals surface area contributed by atoms with Crippen LogP contribution in [0.4, 0.5) is 0 Å². The van der Waals surface area contributed by atoms with Gasteiger partial charge < -0.3 is 0 Å². The van der Waals surface area contributed by atoms with E-state index in [-0.39, 0.29) is 0 Å². The highest BCUT2D eigenvalue weighted by Crippen LogP contribution is 2.27. The van der Waals surface area contributed by atoms with Gasteiger partial charge in [0, 0.05) is 13.1 Å². The minimum absolute atomic E-state index is 0.530. The van der Waals surface area contributed by atoms with Gasteiger partial charge in [-0.3, -0.25) is 5.32 Å². The Hall–Kier alpha value is -0.0800. The molecule has 1 radical (unpaired) electrons. The highest BCUT2D eigenvalue weighted by atomic mass is 15.2. The van der Waals surface area contributed by atoms with Crippen LogP contribution in [0.2, 0.25) is 0 Å². The van der Waals surface area contributed by atoms with Gasteiger partial charge in [-0.1, -0.05) is 12.8 Å². The van der Waals surface area contributed by atoms with E-state index in [1.165, 1.54) is 25.7 Å². The van der Waals surface area contributed by atoms with Crippen molar-refractivity contribution in [2.24, 2.45) is 5.92 Å². The van der Waals surface area contributed by atoms with E-state index in [0.29, 0.717) is 6.17 Å². The number of rotatable bonds is 1. The molecule has 2 heteroatoms. The average molecular weight is 139 g/mol. The lowest BCUT2D eigenvalue weighted by Crippen LogP contribution is -2.33. The fourth-order valence-corrected chi connectivity index (χ4v) is 2.07. The number of nitrogens with one attached hydrogen (secondary N) is 1. The van der Waals surface area contributed by atoms with Crippen LogP contribution >= 0.6 is 0 Å². The van der Waals surface area contributed by atoms with Gasteiger partial charge in [-0.2, -0.15) is 0 Å². The Labute approximate surface area is 62.4 Å². The summed E-state index contributed by atoms with van der Waals surface area (Å²) < 4.78 is 0. The molecule has 1 atom stereocenters. The number of hydrogen-bond donors (Lipinski definition) is 1. The van der Waals surface area contributed by atoms with Crippen LogP contribution in [0.15, 0.2) is 0 Å². The lowest BCUT2D eigenvalue weighted by Gasteiger charge is -2.16. The minimum Gasteiger partial charge on any atom is -0.299 e. The zero-order valence-electron chi connectivity index (χ0n) is 6.34. The molecule has 1 saturated heterocycles. The molecule has 1 aliphatic carbocycles. The largest absolute Gasteiger partial charge is 0.299 e. The van der Waals surface area contributed by atoms with E-state index >= 15 is 0 Å². The molecule has 0 bridgehead atoms. The van der Waals surface area contributed by atoms with Crippen LogP contribution in [0.1, 0.15) is 25.7 Å². The van der Waals surface area contributed by atoms with Crippen molar-refractivity contribution in [3.05, 3.63) is 0 Å². The van der Waals surface area contributed by atoms with Crippen molar-refractivity contribution >= 4 is 0 Å². The SMILES string of the molecule is C1CCC(C2[N]CCN2)C1. The van der Waals surface area contributed by atoms with Crippen LogP contribution in [0, 0.1) is 5.92 Å². The van der Waals surface area contributed by atoms with Crippen LogP contribution in [0.3, 0.4) is 0 Å². The van der Waals surface area contributed by atoms with Gasteiger partial charge in [0.15, 0.2) is 0 Å². The Kier molecular flexibility index (Phi) is 1.91. The molecule has 1 aliphatic heterocycles. The summed E-state index contributed by atoms with van der Waals surface area (Å²) >= 11 is 0. The van der Waals surface area contributed by atoms with Gasteiger partial charge in [0.25, 0.3) is 0 Å². The van der Waals surface area contributed by atoms with Gasteiger partial charge in [0.05, 0.1) is 6.17 Å². The fraction of sp³-hybridized carbons (Fsp3) is 1.00. The molecule has 2 aliphatic rings. The lowest BCUT2D eigenvalue weighted by molar-refractivity contribution is 0.365. The summed E-state index contributed by atoms with van der Waals surface area (Å²) in [6, 6.07) is 0. The van der Waals surface area contributed by atoms with Crippen molar-refractivity contribution in [2.75, 3.05) is 13.1 Å². The van der Waals surface area contributed by atoms with Crippen molar-refractivity contribution < 1.29 is 0 Å². The molecule has 0 amide bonds. The second-order valence-electron chi connectivity index (χ2n) is 3.35. The van der Waals surface area contributed by atoms with Gasteiger partial charge in [0.2, 0.25) is 0 Å². The molecular formula is C8H15N2. The normalized spacial score (nSPS) is 30.0. The Balaban J connectivity index is 1.85. The molecule has 1 saturated carbocycles. The van der Waals surface area contributed by atoms with E-state index in [2.05, 4.69) is 10.6 Å². The van der Waals surface area contributed by atoms with E-state index in [9.17, 15) is 0 Å². The van der Waals surface area contributed by atoms with E-state index in [1.54, 1.807) is 0 Å². The summed E-state index contributed by atoms with van der Waals surface area (Å²) in [5.41, 5.74) is 0. The zero-order chi connectivity index (χ0) is 6.81. The maximum atomic E-state index is 4.51. The maximum absolute atomic E-state index is 4.51. The van der Waals surface area contributed by atoms with E-state index < -0.39 is 0 Å². The van der Waals surface area contributed by atoms with Crippen LogP contribution in [0.25, 0.3) is 0 Å². The van der Waals surface area contributed by atoms with Crippen molar-refractivity contribution in [3.8, 4) is 0 Å². The minimum atomic E-state index is 0.530. The van der Waals surface area contributed by atoms with Crippen molar-refractivity contribution in [2.45, 2.75) is 31.8 Å². The van der Waals surface area contributed by atoms with E-state index in [4.69, 9.17) is 0 Å². The van der Waals surface area contributed by atoms with Gasteiger partial charge in [0.1, 0.15) is 0 Å². The Morgan fingerprint density at radius 2 is 2.00 bits per heavy atom. The van der Waals surface area contributed by atoms with Crippen molar-refractivity contribution in [1.29, 1.82) is 0 Å². The first kappa shape index (κ1) is 6.62. The number of nitrogens with zero attached hydrogens (tertiary/aromatic N) is 1. The third-order valence-electron chi connectivity index (χ3n) is 2.64. The highest BCUT2D eigenvalue weighted by Gasteiger charge is 2.27. The topological polar surface area (TPSA) is 26.1 Å². The zero-order valence-corrected chi connectivity index (χ0v) is 6.34. The third kappa shape index (κ3) is 1.18. The van der Waals surface area contributed by atoms with E-state index in [0.717, 1.165) is 19.0 Å². The van der Waals surface area contributed by atoms with Crippen LogP contribution in [-0.2, 0) is 0 Å². The summed E-state index contributed by atoms with van der Waals surface area (Å²) in [4.78, 5) is 0. The van der Waals surface area contributed by atoms with Crippen LogP contribution in [-0.4, -0.2) is 19.3 Å². The lowest BCUT2D eigenvalue weighted by atomic mass is 10.1. The van der Waals surface area contributed by atoms with Crippen molar-refractivity contribution in [3.63, 3.8) is 0 Å². The summed E-state index contributed by atoms with van der Waals surface area (Å²) in [7, 11) is 0. The fourth-order valence-electron chi connectivity index (χ4n) is 2.07. The smallest absolute Gasteiger partial charge is 0.0765 e. The monoisotopic (exact) mass is 139 g/mol. The molecule has 2 nitrogen and oxygen atoms in total. The molecular weight excluding hydrogens is 124 g/mol. The van der Waals surface area contributed by atoms with Gasteiger partial charge in [-0.15, -0.1) is 0 Å². The molecule has 1 heterocycles. The summed E-state index contributed by atoms with van der Waals surface area (Å²) in [5.74, 6) is 0.877. The Morgan fingerprint density at radius 3 is 2.60 bits per heavy atom. The summed E-state index contributed by atoms with van der Waals surface area (Å²) in [5, 5.41) is 7.94. The molecule has 0 aromatic heterocycles. The molecule has 1 unspecified atom stereocenters. The molecule has 1 N–H and O–H groups in total. The molecule has 0 aromatic rings. The molecule has 10 heavy (non-hydrogen) atoms. The molecule has 2 fully saturated rings.